The van der Waals surface area contributed by atoms with Gasteiger partial charge in [0, 0.05) is 12.5 Å². The van der Waals surface area contributed by atoms with Crippen LogP contribution in [0.1, 0.15) is 30.5 Å². The SMILES string of the molecule is CCOc1cc(/C=C2\C=C(c3ccc(C)cc3)OC2=O)cc(Br)c1OC(C)=O. The monoisotopic (exact) mass is 442 g/mol. The predicted molar refractivity (Wildman–Crippen MR) is 110 cm³/mol. The lowest BCUT2D eigenvalue weighted by atomic mass is 10.1. The van der Waals surface area contributed by atoms with Crippen molar-refractivity contribution in [2.45, 2.75) is 20.8 Å². The molecule has 144 valence electrons. The molecule has 2 aromatic carbocycles. The Hall–Kier alpha value is -2.86. The van der Waals surface area contributed by atoms with E-state index in [1.54, 1.807) is 24.3 Å². The largest absolute Gasteiger partial charge is 0.490 e. The van der Waals surface area contributed by atoms with Gasteiger partial charge >= 0.3 is 11.9 Å². The van der Waals surface area contributed by atoms with Crippen LogP contribution < -0.4 is 9.47 Å². The number of hydrogen-bond donors (Lipinski definition) is 0. The third-order valence-corrected chi connectivity index (χ3v) is 4.55. The summed E-state index contributed by atoms with van der Waals surface area (Å²) in [4.78, 5) is 23.6. The number of esters is 2. The van der Waals surface area contributed by atoms with E-state index in [1.165, 1.54) is 6.92 Å². The van der Waals surface area contributed by atoms with Crippen molar-refractivity contribution in [3.63, 3.8) is 0 Å². The van der Waals surface area contributed by atoms with E-state index in [0.717, 1.165) is 11.1 Å². The molecule has 1 aliphatic rings. The van der Waals surface area contributed by atoms with Crippen molar-refractivity contribution in [3.05, 3.63) is 69.2 Å². The second-order valence-corrected chi connectivity index (χ2v) is 7.07. The number of carbonyl (C=O) groups is 2. The average molecular weight is 443 g/mol. The Labute approximate surface area is 171 Å². The number of rotatable bonds is 5. The number of hydrogen-bond acceptors (Lipinski definition) is 5. The number of cyclic esters (lactones) is 1. The smallest absolute Gasteiger partial charge is 0.343 e. The molecule has 28 heavy (non-hydrogen) atoms. The summed E-state index contributed by atoms with van der Waals surface area (Å²) in [6.07, 6.45) is 3.41. The van der Waals surface area contributed by atoms with Gasteiger partial charge in [0.25, 0.3) is 0 Å². The van der Waals surface area contributed by atoms with E-state index >= 15 is 0 Å². The molecule has 0 saturated heterocycles. The summed E-state index contributed by atoms with van der Waals surface area (Å²) >= 11 is 3.40. The summed E-state index contributed by atoms with van der Waals surface area (Å²) in [5.41, 5.74) is 3.10. The molecule has 5 nitrogen and oxygen atoms in total. The average Bonchev–Trinajstić information content (AvgIpc) is 2.99. The molecule has 1 heterocycles. The highest BCUT2D eigenvalue weighted by molar-refractivity contribution is 9.10. The van der Waals surface area contributed by atoms with Gasteiger partial charge in [-0.3, -0.25) is 4.79 Å². The van der Waals surface area contributed by atoms with Crippen molar-refractivity contribution in [1.29, 1.82) is 0 Å². The first kappa shape index (κ1) is 19.9. The summed E-state index contributed by atoms with van der Waals surface area (Å²) in [5.74, 6) is 0.359. The number of halogens is 1. The van der Waals surface area contributed by atoms with E-state index in [4.69, 9.17) is 14.2 Å². The fourth-order valence-corrected chi connectivity index (χ4v) is 3.25. The van der Waals surface area contributed by atoms with Crippen LogP contribution in [0.2, 0.25) is 0 Å². The standard InChI is InChI=1S/C22H19BrO5/c1-4-26-20-11-15(10-18(23)21(20)27-14(3)24)9-17-12-19(28-22(17)25)16-7-5-13(2)6-8-16/h5-12H,4H2,1-3H3/b17-9+. The van der Waals surface area contributed by atoms with Gasteiger partial charge in [0.2, 0.25) is 0 Å². The number of ether oxygens (including phenoxy) is 3. The van der Waals surface area contributed by atoms with Gasteiger partial charge in [-0.05, 0) is 59.6 Å². The summed E-state index contributed by atoms with van der Waals surface area (Å²) in [6, 6.07) is 11.2. The Morgan fingerprint density at radius 1 is 1.21 bits per heavy atom. The van der Waals surface area contributed by atoms with E-state index < -0.39 is 11.9 Å². The molecule has 6 heteroatoms. The Kier molecular flexibility index (Phi) is 5.99. The van der Waals surface area contributed by atoms with Gasteiger partial charge in [0.05, 0.1) is 16.7 Å². The molecule has 0 fully saturated rings. The molecule has 0 saturated carbocycles. The molecule has 3 rings (SSSR count). The second kappa shape index (κ2) is 8.44. The maximum Gasteiger partial charge on any atom is 0.343 e. The molecule has 0 N–H and O–H groups in total. The fourth-order valence-electron chi connectivity index (χ4n) is 2.71. The minimum atomic E-state index is -0.446. The Morgan fingerprint density at radius 3 is 2.57 bits per heavy atom. The quantitative estimate of drug-likeness (QED) is 0.367. The van der Waals surface area contributed by atoms with Gasteiger partial charge in [0.15, 0.2) is 11.5 Å². The molecule has 0 atom stereocenters. The lowest BCUT2D eigenvalue weighted by molar-refractivity contribution is -0.132. The molecule has 0 spiro atoms. The molecule has 2 aromatic rings. The molecule has 0 aliphatic carbocycles. The van der Waals surface area contributed by atoms with Crippen molar-refractivity contribution >= 4 is 39.7 Å². The molecular weight excluding hydrogens is 424 g/mol. The van der Waals surface area contributed by atoms with Crippen LogP contribution in [-0.4, -0.2) is 18.5 Å². The van der Waals surface area contributed by atoms with E-state index in [-0.39, 0.29) is 0 Å². The van der Waals surface area contributed by atoms with Crippen LogP contribution in [0.15, 0.2) is 52.5 Å². The van der Waals surface area contributed by atoms with Crippen LogP contribution >= 0.6 is 15.9 Å². The lowest BCUT2D eigenvalue weighted by Crippen LogP contribution is -2.05. The first-order valence-corrected chi connectivity index (χ1v) is 9.54. The summed E-state index contributed by atoms with van der Waals surface area (Å²) in [5, 5.41) is 0. The van der Waals surface area contributed by atoms with Gasteiger partial charge in [-0.1, -0.05) is 29.8 Å². The van der Waals surface area contributed by atoms with E-state index in [0.29, 0.717) is 39.5 Å². The molecule has 0 aromatic heterocycles. The highest BCUT2D eigenvalue weighted by Crippen LogP contribution is 2.38. The van der Waals surface area contributed by atoms with Gasteiger partial charge in [-0.15, -0.1) is 0 Å². The zero-order valence-electron chi connectivity index (χ0n) is 15.7. The van der Waals surface area contributed by atoms with Gasteiger partial charge in [0.1, 0.15) is 5.76 Å². The first-order valence-electron chi connectivity index (χ1n) is 8.74. The van der Waals surface area contributed by atoms with E-state index in [9.17, 15) is 9.59 Å². The topological polar surface area (TPSA) is 61.8 Å². The van der Waals surface area contributed by atoms with Gasteiger partial charge in [-0.25, -0.2) is 4.79 Å². The molecular formula is C22H19BrO5. The van der Waals surface area contributed by atoms with Crippen LogP contribution in [0.25, 0.3) is 11.8 Å². The first-order chi connectivity index (χ1) is 13.4. The highest BCUT2D eigenvalue weighted by atomic mass is 79.9. The van der Waals surface area contributed by atoms with Gasteiger partial charge < -0.3 is 14.2 Å². The molecule has 0 amide bonds. The second-order valence-electron chi connectivity index (χ2n) is 6.22. The zero-order valence-corrected chi connectivity index (χ0v) is 17.3. The van der Waals surface area contributed by atoms with Crippen molar-refractivity contribution in [1.82, 2.24) is 0 Å². The van der Waals surface area contributed by atoms with Crippen LogP contribution in [0, 0.1) is 6.92 Å². The molecule has 0 bridgehead atoms. The summed E-state index contributed by atoms with van der Waals surface area (Å²) < 4.78 is 16.8. The lowest BCUT2D eigenvalue weighted by Gasteiger charge is -2.12. The zero-order chi connectivity index (χ0) is 20.3. The van der Waals surface area contributed by atoms with Crippen LogP contribution in [0.3, 0.4) is 0 Å². The van der Waals surface area contributed by atoms with Crippen molar-refractivity contribution in [2.75, 3.05) is 6.61 Å². The van der Waals surface area contributed by atoms with Crippen LogP contribution in [-0.2, 0) is 14.3 Å². The fraction of sp³-hybridized carbons (Fsp3) is 0.182. The predicted octanol–water partition coefficient (Wildman–Crippen LogP) is 5.06. The normalized spacial score (nSPS) is 14.6. The van der Waals surface area contributed by atoms with Crippen molar-refractivity contribution < 1.29 is 23.8 Å². The Balaban J connectivity index is 1.96. The van der Waals surface area contributed by atoms with Crippen LogP contribution in [0.4, 0.5) is 0 Å². The maximum absolute atomic E-state index is 12.3. The van der Waals surface area contributed by atoms with E-state index in [1.807, 2.05) is 38.1 Å². The Morgan fingerprint density at radius 2 is 1.93 bits per heavy atom. The summed E-state index contributed by atoms with van der Waals surface area (Å²) in [7, 11) is 0. The molecule has 0 unspecified atom stereocenters. The number of aryl methyl sites for hydroxylation is 1. The molecule has 0 radical (unpaired) electrons. The van der Waals surface area contributed by atoms with Crippen LogP contribution in [0.5, 0.6) is 11.5 Å². The molecule has 1 aliphatic heterocycles. The van der Waals surface area contributed by atoms with Crippen molar-refractivity contribution in [3.8, 4) is 11.5 Å². The number of benzene rings is 2. The van der Waals surface area contributed by atoms with Gasteiger partial charge in [-0.2, -0.15) is 0 Å². The minimum absolute atomic E-state index is 0.307. The minimum Gasteiger partial charge on any atom is -0.490 e. The summed E-state index contributed by atoms with van der Waals surface area (Å²) in [6.45, 7) is 5.56. The number of carbonyl (C=O) groups excluding carboxylic acids is 2. The highest BCUT2D eigenvalue weighted by Gasteiger charge is 2.22. The third kappa shape index (κ3) is 4.51. The van der Waals surface area contributed by atoms with E-state index in [2.05, 4.69) is 15.9 Å². The van der Waals surface area contributed by atoms with Crippen molar-refractivity contribution in [2.24, 2.45) is 0 Å². The Bertz CT molecular complexity index is 987. The third-order valence-electron chi connectivity index (χ3n) is 3.96. The maximum atomic E-state index is 12.3.